The van der Waals surface area contributed by atoms with Crippen molar-refractivity contribution in [2.45, 2.75) is 17.2 Å². The van der Waals surface area contributed by atoms with Crippen molar-refractivity contribution in [2.75, 3.05) is 26.4 Å². The summed E-state index contributed by atoms with van der Waals surface area (Å²) in [5.41, 5.74) is 3.20. The number of hydrogen-bond donors (Lipinski definition) is 1. The van der Waals surface area contributed by atoms with E-state index < -0.39 is 9.84 Å². The van der Waals surface area contributed by atoms with Crippen molar-refractivity contribution in [1.29, 1.82) is 0 Å². The molecule has 24 heavy (non-hydrogen) atoms. The molecule has 1 atom stereocenters. The number of phenols is 1. The molecule has 0 bridgehead atoms. The zero-order chi connectivity index (χ0) is 16.6. The Balaban J connectivity index is 0.00000208. The fraction of sp³-hybridized carbons (Fsp3) is 0.333. The second-order valence-electron chi connectivity index (χ2n) is 6.27. The summed E-state index contributed by atoms with van der Waals surface area (Å²) in [5, 5.41) is 10.2. The summed E-state index contributed by atoms with van der Waals surface area (Å²) >= 11 is 0. The number of rotatable bonds is 2. The van der Waals surface area contributed by atoms with Gasteiger partial charge in [-0.15, -0.1) is 17.0 Å². The van der Waals surface area contributed by atoms with Crippen LogP contribution in [0.5, 0.6) is 5.75 Å². The van der Waals surface area contributed by atoms with Crippen LogP contribution in [0, 0.1) is 0 Å². The molecule has 0 amide bonds. The molecule has 0 saturated carbocycles. The van der Waals surface area contributed by atoms with E-state index in [9.17, 15) is 13.5 Å². The second-order valence-corrected chi connectivity index (χ2v) is 8.25. The topological polar surface area (TPSA) is 57.6 Å². The third-order valence-electron chi connectivity index (χ3n) is 4.45. The number of phenolic OH excluding ortho intramolecular Hbond substituents is 1. The Labute approximate surface area is 153 Å². The Morgan fingerprint density at radius 3 is 2.46 bits per heavy atom. The van der Waals surface area contributed by atoms with Crippen LogP contribution in [0.15, 0.2) is 47.4 Å². The normalized spacial score (nSPS) is 18.3. The first kappa shape index (κ1) is 19.0. The van der Waals surface area contributed by atoms with Gasteiger partial charge in [0.1, 0.15) is 10.6 Å². The van der Waals surface area contributed by atoms with Gasteiger partial charge in [0.2, 0.25) is 0 Å². The molecule has 130 valence electrons. The van der Waals surface area contributed by atoms with Crippen LogP contribution in [0.2, 0.25) is 0 Å². The highest BCUT2D eigenvalue weighted by atomic mass is 79.9. The molecule has 1 N–H and O–H groups in total. The predicted molar refractivity (Wildman–Crippen MR) is 101 cm³/mol. The summed E-state index contributed by atoms with van der Waals surface area (Å²) in [7, 11) is -1.37. The fourth-order valence-electron chi connectivity index (χ4n) is 3.25. The third kappa shape index (κ3) is 3.82. The quantitative estimate of drug-likeness (QED) is 0.824. The lowest BCUT2D eigenvalue weighted by Crippen LogP contribution is -2.24. The van der Waals surface area contributed by atoms with Crippen LogP contribution in [-0.4, -0.2) is 44.8 Å². The van der Waals surface area contributed by atoms with E-state index in [2.05, 4.69) is 24.1 Å². The van der Waals surface area contributed by atoms with Crippen molar-refractivity contribution in [3.05, 3.63) is 59.2 Å². The molecule has 0 saturated heterocycles. The number of likely N-dealkylation sites (N-methyl/N-ethyl adjacent to an activating group) is 1. The van der Waals surface area contributed by atoms with Crippen LogP contribution in [0.1, 0.15) is 22.6 Å². The Bertz CT molecular complexity index is 822. The van der Waals surface area contributed by atoms with Crippen LogP contribution in [0.4, 0.5) is 0 Å². The zero-order valence-corrected chi connectivity index (χ0v) is 16.3. The van der Waals surface area contributed by atoms with Gasteiger partial charge in [-0.1, -0.05) is 30.3 Å². The van der Waals surface area contributed by atoms with Crippen molar-refractivity contribution in [3.63, 3.8) is 0 Å². The molecular formula is C18H22BrNO3S. The van der Waals surface area contributed by atoms with E-state index in [0.717, 1.165) is 36.9 Å². The van der Waals surface area contributed by atoms with Crippen molar-refractivity contribution < 1.29 is 13.5 Å². The summed E-state index contributed by atoms with van der Waals surface area (Å²) in [5.74, 6) is -0.0325. The molecule has 3 rings (SSSR count). The summed E-state index contributed by atoms with van der Waals surface area (Å²) in [6, 6.07) is 13.4. The highest BCUT2D eigenvalue weighted by molar-refractivity contribution is 8.93. The van der Waals surface area contributed by atoms with Gasteiger partial charge in [0.05, 0.1) is 0 Å². The van der Waals surface area contributed by atoms with Gasteiger partial charge in [0.25, 0.3) is 0 Å². The molecule has 4 nitrogen and oxygen atoms in total. The van der Waals surface area contributed by atoms with Gasteiger partial charge in [0.15, 0.2) is 9.84 Å². The predicted octanol–water partition coefficient (Wildman–Crippen LogP) is 2.99. The lowest BCUT2D eigenvalue weighted by atomic mass is 9.88. The molecule has 0 fully saturated rings. The average Bonchev–Trinajstić information content (AvgIpc) is 2.66. The number of nitrogens with zero attached hydrogens (tertiary/aromatic N) is 1. The Morgan fingerprint density at radius 2 is 1.83 bits per heavy atom. The lowest BCUT2D eigenvalue weighted by Gasteiger charge is -2.22. The molecule has 1 aliphatic rings. The van der Waals surface area contributed by atoms with Gasteiger partial charge >= 0.3 is 0 Å². The molecule has 1 heterocycles. The number of halogens is 1. The second kappa shape index (κ2) is 7.25. The average molecular weight is 412 g/mol. The Morgan fingerprint density at radius 1 is 1.17 bits per heavy atom. The maximum absolute atomic E-state index is 11.9. The smallest absolute Gasteiger partial charge is 0.179 e. The summed E-state index contributed by atoms with van der Waals surface area (Å²) in [6.07, 6.45) is 1.91. The van der Waals surface area contributed by atoms with Gasteiger partial charge in [-0.25, -0.2) is 8.42 Å². The minimum absolute atomic E-state index is 0. The maximum atomic E-state index is 11.9. The van der Waals surface area contributed by atoms with Gasteiger partial charge in [0, 0.05) is 25.3 Å². The molecular weight excluding hydrogens is 390 g/mol. The molecule has 1 aliphatic heterocycles. The summed E-state index contributed by atoms with van der Waals surface area (Å²) in [6.45, 7) is 1.71. The van der Waals surface area contributed by atoms with Crippen LogP contribution in [-0.2, 0) is 16.3 Å². The molecule has 2 aromatic rings. The Kier molecular flexibility index (Phi) is 5.73. The monoisotopic (exact) mass is 411 g/mol. The van der Waals surface area contributed by atoms with E-state index in [0.29, 0.717) is 0 Å². The van der Waals surface area contributed by atoms with Gasteiger partial charge in [-0.05, 0) is 42.3 Å². The molecule has 0 spiro atoms. The van der Waals surface area contributed by atoms with E-state index in [1.54, 1.807) is 12.1 Å². The van der Waals surface area contributed by atoms with E-state index in [4.69, 9.17) is 0 Å². The van der Waals surface area contributed by atoms with Gasteiger partial charge in [-0.3, -0.25) is 0 Å². The lowest BCUT2D eigenvalue weighted by molar-refractivity contribution is 0.338. The molecule has 0 aromatic heterocycles. The van der Waals surface area contributed by atoms with E-state index in [1.807, 2.05) is 18.2 Å². The van der Waals surface area contributed by atoms with Crippen LogP contribution in [0.3, 0.4) is 0 Å². The maximum Gasteiger partial charge on any atom is 0.179 e. The molecule has 0 aliphatic carbocycles. The SMILES string of the molecule is Br.CN1CCc2cc(S(C)(=O)=O)c(O)cc2C(c2ccccc2)C1. The number of fused-ring (bicyclic) bond motifs is 1. The van der Waals surface area contributed by atoms with Gasteiger partial charge in [-0.2, -0.15) is 0 Å². The molecule has 6 heteroatoms. The first-order valence-corrected chi connectivity index (χ1v) is 9.54. The van der Waals surface area contributed by atoms with Crippen molar-refractivity contribution in [2.24, 2.45) is 0 Å². The number of benzene rings is 2. The van der Waals surface area contributed by atoms with Crippen molar-refractivity contribution in [1.82, 2.24) is 4.90 Å². The molecule has 1 unspecified atom stereocenters. The van der Waals surface area contributed by atoms with Crippen LogP contribution < -0.4 is 0 Å². The van der Waals surface area contributed by atoms with Gasteiger partial charge < -0.3 is 10.0 Å². The highest BCUT2D eigenvalue weighted by Gasteiger charge is 2.26. The third-order valence-corrected chi connectivity index (χ3v) is 5.58. The first-order valence-electron chi connectivity index (χ1n) is 7.65. The number of sulfone groups is 1. The Hall–Kier alpha value is -1.37. The summed E-state index contributed by atoms with van der Waals surface area (Å²) < 4.78 is 23.7. The van der Waals surface area contributed by atoms with E-state index in [1.165, 1.54) is 5.56 Å². The highest BCUT2D eigenvalue weighted by Crippen LogP contribution is 2.36. The number of aromatic hydroxyl groups is 1. The fourth-order valence-corrected chi connectivity index (χ4v) is 4.04. The largest absolute Gasteiger partial charge is 0.507 e. The molecule has 2 aromatic carbocycles. The van der Waals surface area contributed by atoms with Crippen LogP contribution in [0.25, 0.3) is 0 Å². The number of hydrogen-bond acceptors (Lipinski definition) is 4. The van der Waals surface area contributed by atoms with E-state index in [-0.39, 0.29) is 33.5 Å². The zero-order valence-electron chi connectivity index (χ0n) is 13.8. The summed E-state index contributed by atoms with van der Waals surface area (Å²) in [4.78, 5) is 2.27. The van der Waals surface area contributed by atoms with Crippen LogP contribution >= 0.6 is 17.0 Å². The minimum atomic E-state index is -3.44. The first-order chi connectivity index (χ1) is 10.9. The minimum Gasteiger partial charge on any atom is -0.507 e. The van der Waals surface area contributed by atoms with Crippen molar-refractivity contribution >= 4 is 26.8 Å². The van der Waals surface area contributed by atoms with Crippen molar-refractivity contribution in [3.8, 4) is 5.75 Å². The van der Waals surface area contributed by atoms with E-state index >= 15 is 0 Å². The standard InChI is InChI=1S/C18H21NO3S.BrH/c1-19-9-8-14-10-18(23(2,21)22)17(20)11-15(14)16(12-19)13-6-4-3-5-7-13;/h3-7,10-11,16,20H,8-9,12H2,1-2H3;1H. The molecule has 0 radical (unpaired) electrons.